The van der Waals surface area contributed by atoms with Gasteiger partial charge in [-0.3, -0.25) is 9.48 Å². The van der Waals surface area contributed by atoms with Gasteiger partial charge in [0, 0.05) is 33.1 Å². The van der Waals surface area contributed by atoms with Gasteiger partial charge in [-0.2, -0.15) is 5.10 Å². The number of nitrogens with one attached hydrogen (secondary N) is 2. The Kier molecular flexibility index (Phi) is 6.41. The largest absolute Gasteiger partial charge is 0.359 e. The SMILES string of the molecule is CNC(=O)CCCCCCc1ncc(-c2ccc(-c3ccnn3C)cc2)[nH]1. The van der Waals surface area contributed by atoms with Crippen molar-refractivity contribution in [1.82, 2.24) is 25.1 Å². The maximum absolute atomic E-state index is 11.2. The standard InChI is InChI=1S/C21H27N5O/c1-22-21(27)8-6-4-3-5-7-20-23-15-18(25-20)16-9-11-17(12-10-16)19-13-14-24-26(19)2/h9-15H,3-8H2,1-2H3,(H,22,27)(H,23,25). The quantitative estimate of drug-likeness (QED) is 0.568. The number of amides is 1. The number of imidazole rings is 1. The number of carbonyl (C=O) groups is 1. The van der Waals surface area contributed by atoms with Crippen molar-refractivity contribution in [3.63, 3.8) is 0 Å². The molecule has 2 N–H and O–H groups in total. The van der Waals surface area contributed by atoms with E-state index in [1.807, 2.05) is 30.2 Å². The molecule has 142 valence electrons. The Morgan fingerprint density at radius 1 is 1.07 bits per heavy atom. The maximum atomic E-state index is 11.2. The lowest BCUT2D eigenvalue weighted by molar-refractivity contribution is -0.120. The van der Waals surface area contributed by atoms with Crippen LogP contribution in [0.2, 0.25) is 0 Å². The van der Waals surface area contributed by atoms with Crippen LogP contribution in [0.25, 0.3) is 22.5 Å². The molecule has 2 aromatic heterocycles. The third kappa shape index (κ3) is 5.06. The molecule has 6 heteroatoms. The number of nitrogens with zero attached hydrogens (tertiary/aromatic N) is 3. The van der Waals surface area contributed by atoms with Crippen LogP contribution in [0.4, 0.5) is 0 Å². The van der Waals surface area contributed by atoms with Gasteiger partial charge in [0.15, 0.2) is 0 Å². The molecule has 0 saturated heterocycles. The summed E-state index contributed by atoms with van der Waals surface area (Å²) in [6, 6.07) is 10.5. The molecular weight excluding hydrogens is 338 g/mol. The van der Waals surface area contributed by atoms with Gasteiger partial charge >= 0.3 is 0 Å². The van der Waals surface area contributed by atoms with E-state index in [-0.39, 0.29) is 5.91 Å². The van der Waals surface area contributed by atoms with E-state index >= 15 is 0 Å². The first-order valence-electron chi connectivity index (χ1n) is 9.50. The molecule has 3 aromatic rings. The van der Waals surface area contributed by atoms with Crippen molar-refractivity contribution in [2.75, 3.05) is 7.05 Å². The van der Waals surface area contributed by atoms with Crippen molar-refractivity contribution in [2.24, 2.45) is 7.05 Å². The van der Waals surface area contributed by atoms with E-state index in [1.165, 1.54) is 0 Å². The molecule has 6 nitrogen and oxygen atoms in total. The summed E-state index contributed by atoms with van der Waals surface area (Å²) < 4.78 is 1.87. The van der Waals surface area contributed by atoms with E-state index < -0.39 is 0 Å². The number of aromatic amines is 1. The van der Waals surface area contributed by atoms with Gasteiger partial charge in [0.1, 0.15) is 5.82 Å². The molecule has 0 spiro atoms. The number of carbonyl (C=O) groups excluding carboxylic acids is 1. The van der Waals surface area contributed by atoms with Gasteiger partial charge in [-0.1, -0.05) is 37.1 Å². The van der Waals surface area contributed by atoms with Crippen LogP contribution in [-0.4, -0.2) is 32.7 Å². The highest BCUT2D eigenvalue weighted by atomic mass is 16.1. The van der Waals surface area contributed by atoms with Crippen LogP contribution >= 0.6 is 0 Å². The predicted molar refractivity (Wildman–Crippen MR) is 107 cm³/mol. The van der Waals surface area contributed by atoms with Gasteiger partial charge in [0.25, 0.3) is 0 Å². The van der Waals surface area contributed by atoms with Gasteiger partial charge in [0.05, 0.1) is 17.6 Å². The van der Waals surface area contributed by atoms with Crippen LogP contribution < -0.4 is 5.32 Å². The first kappa shape index (κ1) is 18.9. The zero-order valence-electron chi connectivity index (χ0n) is 16.0. The van der Waals surface area contributed by atoms with E-state index in [0.717, 1.165) is 60.4 Å². The van der Waals surface area contributed by atoms with E-state index in [9.17, 15) is 4.79 Å². The third-order valence-electron chi connectivity index (χ3n) is 4.79. The third-order valence-corrected chi connectivity index (χ3v) is 4.79. The topological polar surface area (TPSA) is 75.6 Å². The molecule has 0 atom stereocenters. The average Bonchev–Trinajstić information content (AvgIpc) is 3.33. The number of aryl methyl sites for hydroxylation is 2. The summed E-state index contributed by atoms with van der Waals surface area (Å²) in [5.74, 6) is 1.15. The Morgan fingerprint density at radius 2 is 1.81 bits per heavy atom. The number of H-pyrrole nitrogens is 1. The van der Waals surface area contributed by atoms with Crippen LogP contribution in [0, 0.1) is 0 Å². The second-order valence-electron chi connectivity index (χ2n) is 6.75. The summed E-state index contributed by atoms with van der Waals surface area (Å²) in [6.07, 6.45) is 9.50. The van der Waals surface area contributed by atoms with Crippen LogP contribution in [0.15, 0.2) is 42.7 Å². The fraction of sp³-hybridized carbons (Fsp3) is 0.381. The molecule has 0 fully saturated rings. The number of aromatic nitrogens is 4. The van der Waals surface area contributed by atoms with Gasteiger partial charge in [-0.25, -0.2) is 4.98 Å². The smallest absolute Gasteiger partial charge is 0.219 e. The van der Waals surface area contributed by atoms with E-state index in [1.54, 1.807) is 7.05 Å². The van der Waals surface area contributed by atoms with Crippen molar-refractivity contribution in [1.29, 1.82) is 0 Å². The number of hydrogen-bond acceptors (Lipinski definition) is 3. The Hall–Kier alpha value is -2.89. The fourth-order valence-electron chi connectivity index (χ4n) is 3.17. The fourth-order valence-corrected chi connectivity index (χ4v) is 3.17. The van der Waals surface area contributed by atoms with Gasteiger partial charge in [-0.05, 0) is 30.0 Å². The van der Waals surface area contributed by atoms with Crippen molar-refractivity contribution in [2.45, 2.75) is 38.5 Å². The average molecular weight is 365 g/mol. The molecule has 27 heavy (non-hydrogen) atoms. The molecule has 1 aromatic carbocycles. The second kappa shape index (κ2) is 9.16. The highest BCUT2D eigenvalue weighted by Gasteiger charge is 2.06. The first-order chi connectivity index (χ1) is 13.2. The van der Waals surface area contributed by atoms with E-state index in [0.29, 0.717) is 6.42 Å². The second-order valence-corrected chi connectivity index (χ2v) is 6.75. The molecule has 0 radical (unpaired) electrons. The zero-order chi connectivity index (χ0) is 19.1. The molecule has 1 amide bonds. The van der Waals surface area contributed by atoms with Gasteiger partial charge < -0.3 is 10.3 Å². The predicted octanol–water partition coefficient (Wildman–Crippen LogP) is 3.72. The van der Waals surface area contributed by atoms with Gasteiger partial charge in [-0.15, -0.1) is 0 Å². The highest BCUT2D eigenvalue weighted by Crippen LogP contribution is 2.23. The monoisotopic (exact) mass is 365 g/mol. The molecule has 0 aliphatic carbocycles. The number of rotatable bonds is 9. The Labute approximate surface area is 160 Å². The van der Waals surface area contributed by atoms with Crippen molar-refractivity contribution in [3.8, 4) is 22.5 Å². The maximum Gasteiger partial charge on any atom is 0.219 e. The van der Waals surface area contributed by atoms with Crippen molar-refractivity contribution < 1.29 is 4.79 Å². The molecule has 0 saturated carbocycles. The zero-order valence-corrected chi connectivity index (χ0v) is 16.0. The summed E-state index contributed by atoms with van der Waals surface area (Å²) >= 11 is 0. The van der Waals surface area contributed by atoms with E-state index in [2.05, 4.69) is 44.6 Å². The van der Waals surface area contributed by atoms with E-state index in [4.69, 9.17) is 0 Å². The molecule has 0 bridgehead atoms. The lowest BCUT2D eigenvalue weighted by atomic mass is 10.1. The molecular formula is C21H27N5O. The van der Waals surface area contributed by atoms with Crippen LogP contribution in [0.3, 0.4) is 0 Å². The molecule has 0 unspecified atom stereocenters. The summed E-state index contributed by atoms with van der Waals surface area (Å²) in [5, 5.41) is 6.87. The summed E-state index contributed by atoms with van der Waals surface area (Å²) in [4.78, 5) is 19.1. The lowest BCUT2D eigenvalue weighted by Gasteiger charge is -2.04. The summed E-state index contributed by atoms with van der Waals surface area (Å²) in [6.45, 7) is 0. The number of benzene rings is 1. The minimum atomic E-state index is 0.125. The Balaban J connectivity index is 1.49. The molecule has 3 rings (SSSR count). The normalized spacial score (nSPS) is 10.9. The Bertz CT molecular complexity index is 863. The molecule has 2 heterocycles. The highest BCUT2D eigenvalue weighted by molar-refractivity contribution is 5.75. The first-order valence-corrected chi connectivity index (χ1v) is 9.50. The van der Waals surface area contributed by atoms with Crippen molar-refractivity contribution >= 4 is 5.91 Å². The number of hydrogen-bond donors (Lipinski definition) is 2. The van der Waals surface area contributed by atoms with Crippen LogP contribution in [-0.2, 0) is 18.3 Å². The minimum absolute atomic E-state index is 0.125. The molecule has 0 aliphatic heterocycles. The molecule has 0 aliphatic rings. The van der Waals surface area contributed by atoms with Crippen molar-refractivity contribution in [3.05, 3.63) is 48.5 Å². The summed E-state index contributed by atoms with van der Waals surface area (Å²) in [7, 11) is 3.63. The van der Waals surface area contributed by atoms with Crippen LogP contribution in [0.1, 0.15) is 37.9 Å². The summed E-state index contributed by atoms with van der Waals surface area (Å²) in [5.41, 5.74) is 4.42. The minimum Gasteiger partial charge on any atom is -0.359 e. The number of unbranched alkanes of at least 4 members (excludes halogenated alkanes) is 3. The van der Waals surface area contributed by atoms with Gasteiger partial charge in [0.2, 0.25) is 5.91 Å². The Morgan fingerprint density at radius 3 is 2.52 bits per heavy atom. The van der Waals surface area contributed by atoms with Crippen LogP contribution in [0.5, 0.6) is 0 Å². The lowest BCUT2D eigenvalue weighted by Crippen LogP contribution is -2.16.